The number of amides is 1. The summed E-state index contributed by atoms with van der Waals surface area (Å²) in [6.45, 7) is 8.80. The van der Waals surface area contributed by atoms with Crippen molar-refractivity contribution in [2.45, 2.75) is 71.6 Å². The number of nitrogens with zero attached hydrogens (tertiary/aromatic N) is 1. The highest BCUT2D eigenvalue weighted by Gasteiger charge is 2.42. The molecule has 0 bridgehead atoms. The Morgan fingerprint density at radius 1 is 1.38 bits per heavy atom. The first-order chi connectivity index (χ1) is 10.1. The second-order valence-corrected chi connectivity index (χ2v) is 6.97. The van der Waals surface area contributed by atoms with E-state index in [9.17, 15) is 4.79 Å². The number of carbonyl (C=O) groups excluding carboxylic acids is 1. The highest BCUT2D eigenvalue weighted by Crippen LogP contribution is 2.32. The van der Waals surface area contributed by atoms with Crippen molar-refractivity contribution in [2.75, 3.05) is 0 Å². The maximum absolute atomic E-state index is 12.8. The smallest absolute Gasteiger partial charge is 0.241 e. The zero-order valence-corrected chi connectivity index (χ0v) is 14.5. The van der Waals surface area contributed by atoms with Crippen LogP contribution in [0.15, 0.2) is 16.8 Å². The lowest BCUT2D eigenvalue weighted by Crippen LogP contribution is -2.41. The van der Waals surface area contributed by atoms with E-state index in [-0.39, 0.29) is 24.2 Å². The highest BCUT2D eigenvalue weighted by atomic mass is 32.1. The van der Waals surface area contributed by atoms with Crippen molar-refractivity contribution in [3.63, 3.8) is 0 Å². The fraction of sp³-hybridized carbons (Fsp3) is 0.706. The second-order valence-electron chi connectivity index (χ2n) is 6.19. The molecule has 0 aliphatic carbocycles. The number of nitrogens with one attached hydrogen (secondary N) is 1. The van der Waals surface area contributed by atoms with Crippen LogP contribution in [0, 0.1) is 5.92 Å². The van der Waals surface area contributed by atoms with Gasteiger partial charge in [0.15, 0.2) is 0 Å². The average molecular weight is 308 g/mol. The summed E-state index contributed by atoms with van der Waals surface area (Å²) in [6, 6.07) is 2.39. The van der Waals surface area contributed by atoms with Gasteiger partial charge in [-0.05, 0) is 41.7 Å². The molecule has 1 aromatic heterocycles. The molecule has 0 saturated carbocycles. The minimum atomic E-state index is -0.0126. The van der Waals surface area contributed by atoms with Crippen LogP contribution in [0.3, 0.4) is 0 Å². The van der Waals surface area contributed by atoms with Crippen molar-refractivity contribution < 1.29 is 4.79 Å². The predicted molar refractivity (Wildman–Crippen MR) is 89.3 cm³/mol. The first-order valence-electron chi connectivity index (χ1n) is 8.20. The molecule has 0 radical (unpaired) electrons. The molecule has 2 rings (SSSR count). The second kappa shape index (κ2) is 7.41. The van der Waals surface area contributed by atoms with Gasteiger partial charge in [-0.15, -0.1) is 0 Å². The van der Waals surface area contributed by atoms with Gasteiger partial charge in [0.05, 0.1) is 6.04 Å². The van der Waals surface area contributed by atoms with Crippen molar-refractivity contribution in [3.05, 3.63) is 22.4 Å². The molecule has 1 aliphatic rings. The van der Waals surface area contributed by atoms with Gasteiger partial charge in [0.25, 0.3) is 0 Å². The molecule has 2 heterocycles. The summed E-state index contributed by atoms with van der Waals surface area (Å²) in [7, 11) is 0. The normalized spacial score (nSPS) is 25.3. The average Bonchev–Trinajstić information content (AvgIpc) is 3.11. The molecular weight excluding hydrogens is 280 g/mol. The van der Waals surface area contributed by atoms with Crippen LogP contribution in [-0.2, 0) is 4.79 Å². The van der Waals surface area contributed by atoms with Crippen LogP contribution >= 0.6 is 11.3 Å². The molecule has 118 valence electrons. The third-order valence-corrected chi connectivity index (χ3v) is 5.50. The molecule has 4 heteroatoms. The van der Waals surface area contributed by atoms with Crippen LogP contribution in [0.2, 0.25) is 0 Å². The van der Waals surface area contributed by atoms with E-state index < -0.39 is 0 Å². The van der Waals surface area contributed by atoms with Crippen molar-refractivity contribution in [3.8, 4) is 0 Å². The SMILES string of the molecule is CCCCC1NC(c2ccsc2)N(C(C)C(C)CC)C1=O. The van der Waals surface area contributed by atoms with Crippen LogP contribution in [0.25, 0.3) is 0 Å². The fourth-order valence-electron chi connectivity index (χ4n) is 3.00. The summed E-state index contributed by atoms with van der Waals surface area (Å²) in [5, 5.41) is 7.82. The van der Waals surface area contributed by atoms with Gasteiger partial charge >= 0.3 is 0 Å². The Labute approximate surface area is 132 Å². The van der Waals surface area contributed by atoms with Gasteiger partial charge < -0.3 is 4.90 Å². The van der Waals surface area contributed by atoms with Crippen molar-refractivity contribution in [2.24, 2.45) is 5.92 Å². The minimum absolute atomic E-state index is 0.0126. The van der Waals surface area contributed by atoms with Crippen molar-refractivity contribution >= 4 is 17.2 Å². The minimum Gasteiger partial charge on any atom is -0.319 e. The summed E-state index contributed by atoms with van der Waals surface area (Å²) in [6.07, 6.45) is 4.33. The Morgan fingerprint density at radius 2 is 2.14 bits per heavy atom. The Morgan fingerprint density at radius 3 is 2.71 bits per heavy atom. The van der Waals surface area contributed by atoms with Crippen LogP contribution < -0.4 is 5.32 Å². The molecule has 1 saturated heterocycles. The van der Waals surface area contributed by atoms with E-state index >= 15 is 0 Å². The number of unbranched alkanes of at least 4 members (excludes halogenated alkanes) is 1. The standard InChI is InChI=1S/C17H28N2OS/c1-5-7-8-15-17(20)19(13(4)12(3)6-2)16(18-15)14-9-10-21-11-14/h9-13,15-16,18H,5-8H2,1-4H3. The number of thiophene rings is 1. The van der Waals surface area contributed by atoms with Gasteiger partial charge in [-0.1, -0.05) is 40.0 Å². The van der Waals surface area contributed by atoms with Gasteiger partial charge in [0.2, 0.25) is 5.91 Å². The third-order valence-electron chi connectivity index (χ3n) is 4.80. The topological polar surface area (TPSA) is 32.3 Å². The first kappa shape index (κ1) is 16.5. The molecule has 0 spiro atoms. The summed E-state index contributed by atoms with van der Waals surface area (Å²) in [4.78, 5) is 14.9. The Bertz CT molecular complexity index is 446. The molecule has 4 atom stereocenters. The van der Waals surface area contributed by atoms with Gasteiger partial charge in [0, 0.05) is 6.04 Å². The molecule has 3 nitrogen and oxygen atoms in total. The molecule has 1 N–H and O–H groups in total. The lowest BCUT2D eigenvalue weighted by molar-refractivity contribution is -0.133. The van der Waals surface area contributed by atoms with Gasteiger partial charge in [-0.2, -0.15) is 11.3 Å². The Kier molecular flexibility index (Phi) is 5.82. The molecule has 1 aliphatic heterocycles. The number of hydrogen-bond acceptors (Lipinski definition) is 3. The Balaban J connectivity index is 2.21. The molecule has 1 aromatic rings. The van der Waals surface area contributed by atoms with E-state index in [0.29, 0.717) is 5.92 Å². The molecule has 1 fully saturated rings. The molecule has 4 unspecified atom stereocenters. The van der Waals surface area contributed by atoms with Crippen LogP contribution in [0.5, 0.6) is 0 Å². The highest BCUT2D eigenvalue weighted by molar-refractivity contribution is 7.07. The van der Waals surface area contributed by atoms with Crippen LogP contribution in [0.1, 0.15) is 65.1 Å². The predicted octanol–water partition coefficient (Wildman–Crippen LogP) is 4.17. The molecule has 1 amide bonds. The molecular formula is C17H28N2OS. The van der Waals surface area contributed by atoms with E-state index in [4.69, 9.17) is 0 Å². The maximum atomic E-state index is 12.8. The van der Waals surface area contributed by atoms with Crippen LogP contribution in [-0.4, -0.2) is 22.9 Å². The summed E-state index contributed by atoms with van der Waals surface area (Å²) >= 11 is 1.70. The summed E-state index contributed by atoms with van der Waals surface area (Å²) in [5.74, 6) is 0.800. The Hall–Kier alpha value is -0.870. The van der Waals surface area contributed by atoms with E-state index in [1.165, 1.54) is 5.56 Å². The number of carbonyl (C=O) groups is 1. The summed E-state index contributed by atoms with van der Waals surface area (Å²) in [5.41, 5.74) is 1.22. The van der Waals surface area contributed by atoms with Crippen LogP contribution in [0.4, 0.5) is 0 Å². The van der Waals surface area contributed by atoms with E-state index in [1.54, 1.807) is 11.3 Å². The van der Waals surface area contributed by atoms with Crippen molar-refractivity contribution in [1.29, 1.82) is 0 Å². The van der Waals surface area contributed by atoms with Gasteiger partial charge in [0.1, 0.15) is 6.17 Å². The summed E-state index contributed by atoms with van der Waals surface area (Å²) < 4.78 is 0. The molecule has 21 heavy (non-hydrogen) atoms. The number of rotatable bonds is 7. The third kappa shape index (κ3) is 3.49. The lowest BCUT2D eigenvalue weighted by Gasteiger charge is -2.33. The monoisotopic (exact) mass is 308 g/mol. The van der Waals surface area contributed by atoms with Gasteiger partial charge in [-0.3, -0.25) is 10.1 Å². The zero-order valence-electron chi connectivity index (χ0n) is 13.6. The van der Waals surface area contributed by atoms with Crippen molar-refractivity contribution in [1.82, 2.24) is 10.2 Å². The van der Waals surface area contributed by atoms with E-state index in [1.807, 2.05) is 0 Å². The first-order valence-corrected chi connectivity index (χ1v) is 9.14. The van der Waals surface area contributed by atoms with Gasteiger partial charge in [-0.25, -0.2) is 0 Å². The largest absolute Gasteiger partial charge is 0.319 e. The lowest BCUT2D eigenvalue weighted by atomic mass is 9.98. The molecule has 0 aromatic carbocycles. The fourth-order valence-corrected chi connectivity index (χ4v) is 3.68. The maximum Gasteiger partial charge on any atom is 0.241 e. The zero-order chi connectivity index (χ0) is 15.4. The quantitative estimate of drug-likeness (QED) is 0.820. The number of hydrogen-bond donors (Lipinski definition) is 1. The van der Waals surface area contributed by atoms with E-state index in [2.05, 4.69) is 54.7 Å². The van der Waals surface area contributed by atoms with E-state index in [0.717, 1.165) is 25.7 Å².